The minimum atomic E-state index is -3.87. The summed E-state index contributed by atoms with van der Waals surface area (Å²) in [6.45, 7) is 4.83. The summed E-state index contributed by atoms with van der Waals surface area (Å²) in [4.78, 5) is 27.7. The largest absolute Gasteiger partial charge is 0.352 e. The maximum Gasteiger partial charge on any atom is 0.244 e. The zero-order chi connectivity index (χ0) is 24.8. The third-order valence-electron chi connectivity index (χ3n) is 4.88. The molecule has 0 saturated heterocycles. The number of amides is 2. The van der Waals surface area contributed by atoms with Gasteiger partial charge in [0.2, 0.25) is 21.8 Å². The number of halogens is 2. The van der Waals surface area contributed by atoms with Crippen molar-refractivity contribution in [1.29, 1.82) is 0 Å². The fourth-order valence-corrected chi connectivity index (χ4v) is 4.48. The molecule has 10 heteroatoms. The van der Waals surface area contributed by atoms with Crippen LogP contribution in [0.3, 0.4) is 0 Å². The van der Waals surface area contributed by atoms with E-state index in [9.17, 15) is 22.4 Å². The second kappa shape index (κ2) is 11.5. The van der Waals surface area contributed by atoms with Gasteiger partial charge in [0.1, 0.15) is 18.4 Å². The SMILES string of the molecule is CC[C@H](C(=O)NC(C)C)N(Cc1ccc(F)cc1)C(=O)CN(c1ccccc1Cl)S(C)(=O)=O. The van der Waals surface area contributed by atoms with E-state index in [2.05, 4.69) is 5.32 Å². The van der Waals surface area contributed by atoms with Crippen LogP contribution in [0.15, 0.2) is 48.5 Å². The number of rotatable bonds is 10. The number of anilines is 1. The molecule has 0 heterocycles. The lowest BCUT2D eigenvalue weighted by molar-refractivity contribution is -0.140. The smallest absolute Gasteiger partial charge is 0.244 e. The van der Waals surface area contributed by atoms with E-state index in [1.54, 1.807) is 32.9 Å². The Kier molecular flexibility index (Phi) is 9.25. The predicted molar refractivity (Wildman–Crippen MR) is 128 cm³/mol. The highest BCUT2D eigenvalue weighted by molar-refractivity contribution is 7.92. The number of hydrogen-bond donors (Lipinski definition) is 1. The van der Waals surface area contributed by atoms with Gasteiger partial charge in [0.25, 0.3) is 0 Å². The van der Waals surface area contributed by atoms with Gasteiger partial charge in [-0.2, -0.15) is 0 Å². The van der Waals surface area contributed by atoms with E-state index >= 15 is 0 Å². The normalized spacial score (nSPS) is 12.3. The van der Waals surface area contributed by atoms with E-state index in [0.29, 0.717) is 12.0 Å². The zero-order valence-electron chi connectivity index (χ0n) is 19.1. The monoisotopic (exact) mass is 497 g/mol. The van der Waals surface area contributed by atoms with E-state index < -0.39 is 34.3 Å². The molecule has 0 saturated carbocycles. The summed E-state index contributed by atoms with van der Waals surface area (Å²) in [7, 11) is -3.87. The van der Waals surface area contributed by atoms with Crippen molar-refractivity contribution < 1.29 is 22.4 Å². The van der Waals surface area contributed by atoms with Gasteiger partial charge >= 0.3 is 0 Å². The van der Waals surface area contributed by atoms with Crippen molar-refractivity contribution in [2.45, 2.75) is 45.8 Å². The number of hydrogen-bond acceptors (Lipinski definition) is 4. The first-order chi connectivity index (χ1) is 15.4. The third-order valence-corrected chi connectivity index (χ3v) is 6.33. The highest BCUT2D eigenvalue weighted by Gasteiger charge is 2.32. The molecular weight excluding hydrogens is 469 g/mol. The van der Waals surface area contributed by atoms with Crippen molar-refractivity contribution in [1.82, 2.24) is 10.2 Å². The summed E-state index contributed by atoms with van der Waals surface area (Å²) in [5, 5.41) is 2.97. The number of carbonyl (C=O) groups excluding carboxylic acids is 2. The van der Waals surface area contributed by atoms with Crippen LogP contribution in [-0.2, 0) is 26.2 Å². The van der Waals surface area contributed by atoms with E-state index in [1.165, 1.54) is 41.3 Å². The van der Waals surface area contributed by atoms with Crippen molar-refractivity contribution in [2.24, 2.45) is 0 Å². The molecule has 0 aromatic heterocycles. The van der Waals surface area contributed by atoms with Gasteiger partial charge in [-0.3, -0.25) is 13.9 Å². The quantitative estimate of drug-likeness (QED) is 0.543. The highest BCUT2D eigenvalue weighted by Crippen LogP contribution is 2.27. The molecule has 33 heavy (non-hydrogen) atoms. The number of sulfonamides is 1. The summed E-state index contributed by atoms with van der Waals surface area (Å²) < 4.78 is 39.4. The molecule has 2 aromatic carbocycles. The molecule has 0 fully saturated rings. The molecule has 2 rings (SSSR count). The molecule has 2 amide bonds. The number of nitrogens with one attached hydrogen (secondary N) is 1. The maximum atomic E-state index is 13.5. The minimum Gasteiger partial charge on any atom is -0.352 e. The topological polar surface area (TPSA) is 86.8 Å². The first-order valence-electron chi connectivity index (χ1n) is 10.5. The molecule has 0 unspecified atom stereocenters. The molecule has 1 atom stereocenters. The van der Waals surface area contributed by atoms with Crippen LogP contribution in [0.2, 0.25) is 5.02 Å². The lowest BCUT2D eigenvalue weighted by atomic mass is 10.1. The van der Waals surface area contributed by atoms with E-state index in [1.807, 2.05) is 0 Å². The molecule has 180 valence electrons. The minimum absolute atomic E-state index is 0.00323. The molecule has 0 aliphatic rings. The van der Waals surface area contributed by atoms with Gasteiger partial charge in [-0.25, -0.2) is 12.8 Å². The second-order valence-electron chi connectivity index (χ2n) is 7.96. The summed E-state index contributed by atoms with van der Waals surface area (Å²) in [5.41, 5.74) is 0.764. The Morgan fingerprint density at radius 3 is 2.21 bits per heavy atom. The average molecular weight is 498 g/mol. The summed E-state index contributed by atoms with van der Waals surface area (Å²) >= 11 is 6.20. The van der Waals surface area contributed by atoms with Crippen LogP contribution in [0.1, 0.15) is 32.8 Å². The summed E-state index contributed by atoms with van der Waals surface area (Å²) in [6, 6.07) is 10.9. The average Bonchev–Trinajstić information content (AvgIpc) is 2.72. The Balaban J connectivity index is 2.44. The van der Waals surface area contributed by atoms with Gasteiger partial charge < -0.3 is 10.2 Å². The fraction of sp³-hybridized carbons (Fsp3) is 0.391. The molecule has 0 aliphatic carbocycles. The van der Waals surface area contributed by atoms with Crippen LogP contribution in [0.4, 0.5) is 10.1 Å². The van der Waals surface area contributed by atoms with Crippen molar-refractivity contribution >= 4 is 39.1 Å². The summed E-state index contributed by atoms with van der Waals surface area (Å²) in [6.07, 6.45) is 1.28. The number of benzene rings is 2. The number of nitrogens with zero attached hydrogens (tertiary/aromatic N) is 2. The fourth-order valence-electron chi connectivity index (χ4n) is 3.34. The molecule has 0 aliphatic heterocycles. The molecule has 0 bridgehead atoms. The number of para-hydroxylation sites is 1. The lowest BCUT2D eigenvalue weighted by Gasteiger charge is -2.33. The van der Waals surface area contributed by atoms with E-state index in [-0.39, 0.29) is 29.2 Å². The van der Waals surface area contributed by atoms with Crippen LogP contribution >= 0.6 is 11.6 Å². The number of carbonyl (C=O) groups is 2. The molecule has 2 aromatic rings. The first-order valence-corrected chi connectivity index (χ1v) is 12.7. The second-order valence-corrected chi connectivity index (χ2v) is 10.3. The van der Waals surface area contributed by atoms with Gasteiger partial charge in [0, 0.05) is 12.6 Å². The van der Waals surface area contributed by atoms with Crippen molar-refractivity contribution in [2.75, 3.05) is 17.1 Å². The standard InChI is InChI=1S/C23H29ClFN3O4S/c1-5-20(23(30)26-16(2)3)27(14-17-10-12-18(25)13-11-17)22(29)15-28(33(4,31)32)21-9-7-6-8-19(21)24/h6-13,16,20H,5,14-15H2,1-4H3,(H,26,30)/t20-/m1/s1. The third kappa shape index (κ3) is 7.43. The summed E-state index contributed by atoms with van der Waals surface area (Å²) in [5.74, 6) is -1.37. The van der Waals surface area contributed by atoms with Gasteiger partial charge in [0.05, 0.1) is 17.0 Å². The van der Waals surface area contributed by atoms with Crippen molar-refractivity contribution in [3.8, 4) is 0 Å². The molecule has 7 nitrogen and oxygen atoms in total. The van der Waals surface area contributed by atoms with Crippen LogP contribution in [0, 0.1) is 5.82 Å². The van der Waals surface area contributed by atoms with Crippen LogP contribution in [0.5, 0.6) is 0 Å². The Morgan fingerprint density at radius 2 is 1.70 bits per heavy atom. The molecule has 0 radical (unpaired) electrons. The first kappa shape index (κ1) is 26.6. The van der Waals surface area contributed by atoms with Crippen LogP contribution in [-0.4, -0.2) is 50.0 Å². The van der Waals surface area contributed by atoms with Gasteiger partial charge in [-0.15, -0.1) is 0 Å². The maximum absolute atomic E-state index is 13.5. The van der Waals surface area contributed by atoms with Crippen molar-refractivity contribution in [3.05, 3.63) is 64.9 Å². The van der Waals surface area contributed by atoms with E-state index in [0.717, 1.165) is 10.6 Å². The Morgan fingerprint density at radius 1 is 1.09 bits per heavy atom. The van der Waals surface area contributed by atoms with Gasteiger partial charge in [-0.05, 0) is 50.1 Å². The Labute approximate surface area is 199 Å². The highest BCUT2D eigenvalue weighted by atomic mass is 35.5. The zero-order valence-corrected chi connectivity index (χ0v) is 20.7. The van der Waals surface area contributed by atoms with Crippen molar-refractivity contribution in [3.63, 3.8) is 0 Å². The predicted octanol–water partition coefficient (Wildman–Crippen LogP) is 3.58. The molecular formula is C23H29ClFN3O4S. The Bertz CT molecular complexity index is 1080. The van der Waals surface area contributed by atoms with E-state index in [4.69, 9.17) is 11.6 Å². The Hall–Kier alpha value is -2.65. The van der Waals surface area contributed by atoms with Gasteiger partial charge in [-0.1, -0.05) is 42.8 Å². The van der Waals surface area contributed by atoms with Crippen LogP contribution < -0.4 is 9.62 Å². The molecule has 1 N–H and O–H groups in total. The van der Waals surface area contributed by atoms with Crippen LogP contribution in [0.25, 0.3) is 0 Å². The van der Waals surface area contributed by atoms with Gasteiger partial charge in [0.15, 0.2) is 0 Å². The molecule has 0 spiro atoms. The lowest BCUT2D eigenvalue weighted by Crippen LogP contribution is -2.53.